The van der Waals surface area contributed by atoms with E-state index in [0.717, 1.165) is 12.3 Å². The molecule has 1 N–H and O–H groups in total. The summed E-state index contributed by atoms with van der Waals surface area (Å²) in [6.45, 7) is 20.0. The highest BCUT2D eigenvalue weighted by Gasteiger charge is 2.64. The normalized spacial score (nSPS) is 47.8. The number of carbonyl (C=O) groups is 1. The number of carboxylic acid groups (broad SMARTS) is 1. The van der Waals surface area contributed by atoms with Gasteiger partial charge in [0.1, 0.15) is 0 Å². The molecule has 32 heavy (non-hydrogen) atoms. The molecule has 3 fully saturated rings. The molecule has 0 radical (unpaired) electrons. The van der Waals surface area contributed by atoms with E-state index in [0.29, 0.717) is 40.4 Å². The number of aliphatic carboxylic acids is 1. The van der Waals surface area contributed by atoms with Crippen molar-refractivity contribution in [2.24, 2.45) is 50.7 Å². The Morgan fingerprint density at radius 2 is 1.59 bits per heavy atom. The highest BCUT2D eigenvalue weighted by Crippen LogP contribution is 2.73. The average molecular weight is 443 g/mol. The summed E-state index contributed by atoms with van der Waals surface area (Å²) in [7, 11) is 0. The van der Waals surface area contributed by atoms with Crippen molar-refractivity contribution in [3.05, 3.63) is 11.6 Å². The predicted molar refractivity (Wildman–Crippen MR) is 133 cm³/mol. The number of carboxylic acids is 1. The minimum Gasteiger partial charge on any atom is -0.481 e. The van der Waals surface area contributed by atoms with Gasteiger partial charge in [0.25, 0.3) is 0 Å². The summed E-state index contributed by atoms with van der Waals surface area (Å²) >= 11 is 0. The van der Waals surface area contributed by atoms with E-state index in [9.17, 15) is 9.90 Å². The number of hydrogen-bond acceptors (Lipinski definition) is 1. The molecule has 0 bridgehead atoms. The third-order valence-corrected chi connectivity index (χ3v) is 11.8. The van der Waals surface area contributed by atoms with E-state index in [4.69, 9.17) is 0 Å². The molecule has 4 aliphatic rings. The van der Waals surface area contributed by atoms with Crippen LogP contribution in [-0.2, 0) is 4.79 Å². The molecule has 0 aromatic rings. The molecule has 0 amide bonds. The van der Waals surface area contributed by atoms with Gasteiger partial charge in [-0.15, -0.1) is 0 Å². The van der Waals surface area contributed by atoms with Gasteiger partial charge in [-0.1, -0.05) is 67.0 Å². The molecule has 0 aliphatic heterocycles. The van der Waals surface area contributed by atoms with Gasteiger partial charge in [0.2, 0.25) is 0 Å². The van der Waals surface area contributed by atoms with Gasteiger partial charge in [-0.3, -0.25) is 4.79 Å². The van der Waals surface area contributed by atoms with E-state index in [1.807, 2.05) is 0 Å². The number of rotatable bonds is 4. The van der Waals surface area contributed by atoms with Crippen molar-refractivity contribution in [1.82, 2.24) is 0 Å². The van der Waals surface area contributed by atoms with Crippen LogP contribution in [0.15, 0.2) is 11.6 Å². The molecule has 2 heteroatoms. The van der Waals surface area contributed by atoms with E-state index < -0.39 is 5.97 Å². The molecule has 2 nitrogen and oxygen atoms in total. The second-order valence-electron chi connectivity index (χ2n) is 14.6. The summed E-state index contributed by atoms with van der Waals surface area (Å²) in [5.74, 6) is 2.01. The van der Waals surface area contributed by atoms with Crippen LogP contribution in [0.1, 0.15) is 120 Å². The summed E-state index contributed by atoms with van der Waals surface area (Å²) < 4.78 is 0. The van der Waals surface area contributed by atoms with Crippen molar-refractivity contribution in [2.75, 3.05) is 0 Å². The van der Waals surface area contributed by atoms with Gasteiger partial charge in [-0.05, 0) is 109 Å². The van der Waals surface area contributed by atoms with Crippen LogP contribution < -0.4 is 0 Å². The Hall–Kier alpha value is -0.790. The molecule has 4 aliphatic carbocycles. The first kappa shape index (κ1) is 24.3. The molecule has 0 saturated heterocycles. The Morgan fingerprint density at radius 3 is 2.22 bits per heavy atom. The van der Waals surface area contributed by atoms with Crippen molar-refractivity contribution < 1.29 is 9.90 Å². The monoisotopic (exact) mass is 442 g/mol. The van der Waals surface area contributed by atoms with Crippen molar-refractivity contribution in [2.45, 2.75) is 120 Å². The molecule has 3 saturated carbocycles. The maximum absolute atomic E-state index is 11.6. The minimum absolute atomic E-state index is 0.119. The molecular weight excluding hydrogens is 392 g/mol. The van der Waals surface area contributed by atoms with Gasteiger partial charge in [0.15, 0.2) is 0 Å². The fourth-order valence-electron chi connectivity index (χ4n) is 10.1. The zero-order valence-corrected chi connectivity index (χ0v) is 22.3. The molecule has 4 rings (SSSR count). The average Bonchev–Trinajstić information content (AvgIpc) is 2.67. The van der Waals surface area contributed by atoms with Crippen molar-refractivity contribution in [3.63, 3.8) is 0 Å². The van der Waals surface area contributed by atoms with Gasteiger partial charge >= 0.3 is 5.97 Å². The standard InChI is InChI=1S/C30H50O2/c1-20(2)21-9-14-29(7)22(28(21,6)16-12-25(31)32)11-15-30(8)23(29)10-13-27(5)18-17-26(3,4)19-24(27)30/h10,20-22,24H,9,11-19H2,1-8H3,(H,31,32)/t21?,22?,24?,27-,28+,29+,30+/m0/s1. The lowest BCUT2D eigenvalue weighted by atomic mass is 9.36. The molecule has 3 unspecified atom stereocenters. The van der Waals surface area contributed by atoms with Crippen molar-refractivity contribution in [1.29, 1.82) is 0 Å². The first-order chi connectivity index (χ1) is 14.7. The minimum atomic E-state index is -0.626. The molecule has 0 spiro atoms. The Bertz CT molecular complexity index is 793. The van der Waals surface area contributed by atoms with Crippen molar-refractivity contribution >= 4 is 5.97 Å². The third kappa shape index (κ3) is 3.52. The molecule has 7 atom stereocenters. The Labute approximate surface area is 198 Å². The van der Waals surface area contributed by atoms with Gasteiger partial charge in [0, 0.05) is 6.42 Å². The fraction of sp³-hybridized carbons (Fsp3) is 0.900. The summed E-state index contributed by atoms with van der Waals surface area (Å²) in [5.41, 5.74) is 3.36. The van der Waals surface area contributed by atoms with Crippen LogP contribution in [0.4, 0.5) is 0 Å². The predicted octanol–water partition coefficient (Wildman–Crippen LogP) is 8.51. The van der Waals surface area contributed by atoms with Crippen LogP contribution in [-0.4, -0.2) is 11.1 Å². The summed E-state index contributed by atoms with van der Waals surface area (Å²) in [6.07, 6.45) is 14.3. The first-order valence-corrected chi connectivity index (χ1v) is 13.6. The number of hydrogen-bond donors (Lipinski definition) is 1. The van der Waals surface area contributed by atoms with E-state index in [1.165, 1.54) is 51.4 Å². The molecule has 0 aromatic heterocycles. The molecule has 0 aromatic carbocycles. The van der Waals surface area contributed by atoms with E-state index >= 15 is 0 Å². The van der Waals surface area contributed by atoms with E-state index in [-0.39, 0.29) is 10.8 Å². The Morgan fingerprint density at radius 1 is 0.969 bits per heavy atom. The van der Waals surface area contributed by atoms with Crippen LogP contribution in [0.2, 0.25) is 0 Å². The van der Waals surface area contributed by atoms with Crippen LogP contribution in [0.3, 0.4) is 0 Å². The lowest BCUT2D eigenvalue weighted by molar-refractivity contribution is -0.144. The van der Waals surface area contributed by atoms with Gasteiger partial charge in [0.05, 0.1) is 0 Å². The second kappa shape index (κ2) is 7.61. The van der Waals surface area contributed by atoms with Crippen LogP contribution in [0.25, 0.3) is 0 Å². The van der Waals surface area contributed by atoms with Gasteiger partial charge in [-0.2, -0.15) is 0 Å². The Kier molecular flexibility index (Phi) is 5.79. The highest BCUT2D eigenvalue weighted by atomic mass is 16.4. The van der Waals surface area contributed by atoms with Crippen molar-refractivity contribution in [3.8, 4) is 0 Å². The summed E-state index contributed by atoms with van der Waals surface area (Å²) in [4.78, 5) is 11.6. The largest absolute Gasteiger partial charge is 0.481 e. The smallest absolute Gasteiger partial charge is 0.303 e. The van der Waals surface area contributed by atoms with Gasteiger partial charge in [-0.25, -0.2) is 0 Å². The zero-order valence-electron chi connectivity index (χ0n) is 22.3. The first-order valence-electron chi connectivity index (χ1n) is 13.6. The lowest BCUT2D eigenvalue weighted by Crippen LogP contribution is -2.59. The topological polar surface area (TPSA) is 37.3 Å². The van der Waals surface area contributed by atoms with E-state index in [1.54, 1.807) is 5.57 Å². The molecule has 0 heterocycles. The van der Waals surface area contributed by atoms with E-state index in [2.05, 4.69) is 61.5 Å². The van der Waals surface area contributed by atoms with Crippen LogP contribution in [0, 0.1) is 50.7 Å². The second-order valence-corrected chi connectivity index (χ2v) is 14.6. The van der Waals surface area contributed by atoms with Crippen LogP contribution >= 0.6 is 0 Å². The lowest BCUT2D eigenvalue weighted by Gasteiger charge is -2.68. The summed E-state index contributed by atoms with van der Waals surface area (Å²) in [6, 6.07) is 0. The number of allylic oxidation sites excluding steroid dienone is 2. The van der Waals surface area contributed by atoms with Gasteiger partial charge < -0.3 is 5.11 Å². The third-order valence-electron chi connectivity index (χ3n) is 11.8. The fourth-order valence-corrected chi connectivity index (χ4v) is 10.1. The number of fused-ring (bicyclic) bond motifs is 5. The Balaban J connectivity index is 1.75. The molecular formula is C30H50O2. The summed E-state index contributed by atoms with van der Waals surface area (Å²) in [5, 5.41) is 9.57. The van der Waals surface area contributed by atoms with Crippen LogP contribution in [0.5, 0.6) is 0 Å². The highest BCUT2D eigenvalue weighted by molar-refractivity contribution is 5.66. The molecule has 182 valence electrons. The zero-order chi connectivity index (χ0) is 23.7. The SMILES string of the molecule is CC(C)C1CC[C@@]2(C)C3=CC[C@@]4(C)CCC(C)(C)CC4[C@]3(C)CCC2[C@]1(C)CCC(=O)O. The quantitative estimate of drug-likeness (QED) is 0.443. The maximum Gasteiger partial charge on any atom is 0.303 e. The maximum atomic E-state index is 11.6.